The Morgan fingerprint density at radius 1 is 0.930 bits per heavy atom. The van der Waals surface area contributed by atoms with Gasteiger partial charge < -0.3 is 43.9 Å². The number of hydrogen-bond acceptors (Lipinski definition) is 12. The average molecular weight is 804 g/mol. The number of aliphatic hydroxyl groups excluding tert-OH is 2. The van der Waals surface area contributed by atoms with E-state index in [1.807, 2.05) is 32.9 Å². The number of fused-ring (bicyclic) bond motifs is 3. The first-order valence-corrected chi connectivity index (χ1v) is 20.9. The highest BCUT2D eigenvalue weighted by molar-refractivity contribution is 6.39. The first-order chi connectivity index (χ1) is 27.0. The van der Waals surface area contributed by atoms with E-state index in [9.17, 15) is 34.5 Å². The topological polar surface area (TPSA) is 178 Å². The molecule has 13 nitrogen and oxygen atoms in total. The number of esters is 1. The Hall–Kier alpha value is -2.78. The molecule has 2 bridgehead atoms. The Morgan fingerprint density at radius 2 is 1.60 bits per heavy atom. The molecule has 0 aromatic carbocycles. The maximum atomic E-state index is 14.3. The van der Waals surface area contributed by atoms with Crippen LogP contribution in [0.5, 0.6) is 0 Å². The summed E-state index contributed by atoms with van der Waals surface area (Å²) in [5.74, 6) is -7.76. The second-order valence-electron chi connectivity index (χ2n) is 17.3. The number of amides is 1. The van der Waals surface area contributed by atoms with E-state index in [-0.39, 0.29) is 49.5 Å². The Morgan fingerprint density at radius 3 is 2.25 bits per heavy atom. The van der Waals surface area contributed by atoms with Gasteiger partial charge in [0.05, 0.1) is 30.5 Å². The van der Waals surface area contributed by atoms with Crippen LogP contribution in [0.4, 0.5) is 0 Å². The number of cyclic esters (lactones) is 1. The van der Waals surface area contributed by atoms with Crippen LogP contribution in [0.1, 0.15) is 105 Å². The van der Waals surface area contributed by atoms with E-state index in [4.69, 9.17) is 23.7 Å². The van der Waals surface area contributed by atoms with Gasteiger partial charge in [-0.05, 0) is 95.5 Å². The van der Waals surface area contributed by atoms with Crippen molar-refractivity contribution in [3.05, 3.63) is 36.0 Å². The molecule has 322 valence electrons. The summed E-state index contributed by atoms with van der Waals surface area (Å²) in [6.45, 7) is 13.1. The zero-order valence-corrected chi connectivity index (χ0v) is 35.4. The highest BCUT2D eigenvalue weighted by Gasteiger charge is 2.56. The molecular weight excluding hydrogens is 734 g/mol. The van der Waals surface area contributed by atoms with Gasteiger partial charge in [-0.2, -0.15) is 0 Å². The molecule has 57 heavy (non-hydrogen) atoms. The quantitative estimate of drug-likeness (QED) is 0.185. The molecule has 1 amide bonds. The predicted octanol–water partition coefficient (Wildman–Crippen LogP) is 4.64. The number of nitrogens with zero attached hydrogens (tertiary/aromatic N) is 1. The summed E-state index contributed by atoms with van der Waals surface area (Å²) in [5, 5.41) is 34.1. The number of ketones is 2. The zero-order chi connectivity index (χ0) is 42.2. The Balaban J connectivity index is 1.78. The van der Waals surface area contributed by atoms with Gasteiger partial charge in [0.25, 0.3) is 11.7 Å². The fourth-order valence-electron chi connectivity index (χ4n) is 9.42. The zero-order valence-electron chi connectivity index (χ0n) is 35.4. The van der Waals surface area contributed by atoms with Crippen molar-refractivity contribution in [2.45, 2.75) is 160 Å². The fourth-order valence-corrected chi connectivity index (χ4v) is 9.42. The maximum absolute atomic E-state index is 14.3. The number of aliphatic hydroxyl groups is 3. The third kappa shape index (κ3) is 11.3. The van der Waals surface area contributed by atoms with Gasteiger partial charge in [0.1, 0.15) is 24.0 Å². The molecule has 0 radical (unpaired) electrons. The lowest BCUT2D eigenvalue weighted by Crippen LogP contribution is -2.64. The standard InChI is InChI=1S/C44H69NO12/c1-10-13-31-19-25(2)18-26(3)20-37(54-8)40-38(55-9)22-28(5)44(52,57-40)41(49)42(50)45-17-12-11-14-32(45)43(51)56-39(29(6)34(47)24-35(31)48)27(4)21-30-15-16-33(46)36(23-30)53-7/h10,19,21,26,28-34,36-40,46-47,52H,1,11-18,20,22-24H2,2-9H3/b25-19+,27-21+/t26-,28?,29?,30?,31?,32-,33?,34-,36+,37-,38?,39?,40+,44+/m0/s1. The van der Waals surface area contributed by atoms with Crippen LogP contribution < -0.4 is 0 Å². The molecule has 7 unspecified atom stereocenters. The Labute approximate surface area is 339 Å². The van der Waals surface area contributed by atoms with Gasteiger partial charge in [-0.25, -0.2) is 4.79 Å². The lowest BCUT2D eigenvalue weighted by atomic mass is 9.81. The number of Topliss-reactive ketones (excluding diaryl/α,β-unsaturated/α-hetero) is 2. The summed E-state index contributed by atoms with van der Waals surface area (Å²) >= 11 is 0. The van der Waals surface area contributed by atoms with Crippen molar-refractivity contribution in [2.75, 3.05) is 27.9 Å². The minimum absolute atomic E-state index is 0.00988. The van der Waals surface area contributed by atoms with E-state index in [2.05, 4.69) is 6.58 Å². The second kappa shape index (κ2) is 21.0. The Bertz CT molecular complexity index is 1480. The van der Waals surface area contributed by atoms with Gasteiger partial charge in [-0.3, -0.25) is 14.4 Å². The van der Waals surface area contributed by atoms with E-state index in [1.54, 1.807) is 27.0 Å². The van der Waals surface area contributed by atoms with Gasteiger partial charge in [-0.15, -0.1) is 6.58 Å². The number of piperidine rings is 1. The van der Waals surface area contributed by atoms with Crippen LogP contribution in [0.25, 0.3) is 0 Å². The normalized spacial score (nSPS) is 41.0. The summed E-state index contributed by atoms with van der Waals surface area (Å²) < 4.78 is 29.7. The van der Waals surface area contributed by atoms with Crippen molar-refractivity contribution in [1.82, 2.24) is 4.90 Å². The molecule has 0 spiro atoms. The van der Waals surface area contributed by atoms with Gasteiger partial charge in [0.2, 0.25) is 5.79 Å². The third-order valence-electron chi connectivity index (χ3n) is 12.9. The van der Waals surface area contributed by atoms with Crippen molar-refractivity contribution >= 4 is 23.4 Å². The van der Waals surface area contributed by atoms with Crippen LogP contribution in [0.3, 0.4) is 0 Å². The molecule has 3 N–H and O–H groups in total. The van der Waals surface area contributed by atoms with E-state index in [0.29, 0.717) is 56.9 Å². The maximum Gasteiger partial charge on any atom is 0.329 e. The smallest absolute Gasteiger partial charge is 0.329 e. The van der Waals surface area contributed by atoms with Crippen LogP contribution in [0.15, 0.2) is 36.0 Å². The minimum atomic E-state index is -2.51. The first kappa shape index (κ1) is 46.9. The SMILES string of the molecule is C=CCC1/C=C(\C)C[C@H](C)C[C@H](OC)[C@H]2O[C@@](O)(C(=O)C(=O)N3CCCC[C@H]3C(=O)OC(/C(C)=C/C3CCC(O)[C@H](OC)C3)C(C)[C@@H](O)CC1=O)C(C)CC2OC. The molecule has 3 fully saturated rings. The molecule has 13 heteroatoms. The molecule has 0 aromatic heterocycles. The molecule has 1 aliphatic carbocycles. The number of rotatable bonds is 7. The van der Waals surface area contributed by atoms with Crippen molar-refractivity contribution in [2.24, 2.45) is 29.6 Å². The van der Waals surface area contributed by atoms with Crippen LogP contribution in [0.2, 0.25) is 0 Å². The average Bonchev–Trinajstić information content (AvgIpc) is 3.18. The van der Waals surface area contributed by atoms with E-state index in [1.165, 1.54) is 19.1 Å². The van der Waals surface area contributed by atoms with Crippen molar-refractivity contribution in [3.8, 4) is 0 Å². The van der Waals surface area contributed by atoms with Crippen LogP contribution >= 0.6 is 0 Å². The van der Waals surface area contributed by atoms with Crippen LogP contribution in [-0.2, 0) is 42.9 Å². The minimum Gasteiger partial charge on any atom is -0.456 e. The molecule has 4 aliphatic rings. The fraction of sp³-hybridized carbons (Fsp3) is 0.773. The van der Waals surface area contributed by atoms with Gasteiger partial charge in [0, 0.05) is 52.0 Å². The number of carbonyl (C=O) groups excluding carboxylic acids is 4. The number of methoxy groups -OCH3 is 3. The van der Waals surface area contributed by atoms with Gasteiger partial charge in [-0.1, -0.05) is 44.6 Å². The van der Waals surface area contributed by atoms with Crippen LogP contribution in [-0.4, -0.2) is 126 Å². The molecule has 2 saturated heterocycles. The molecule has 14 atom stereocenters. The van der Waals surface area contributed by atoms with E-state index < -0.39 is 83.9 Å². The molecular formula is C44H69NO12. The monoisotopic (exact) mass is 803 g/mol. The van der Waals surface area contributed by atoms with Crippen molar-refractivity contribution in [1.29, 1.82) is 0 Å². The predicted molar refractivity (Wildman–Crippen MR) is 213 cm³/mol. The van der Waals surface area contributed by atoms with Crippen LogP contribution in [0, 0.1) is 29.6 Å². The van der Waals surface area contributed by atoms with Crippen molar-refractivity contribution in [3.63, 3.8) is 0 Å². The summed E-state index contributed by atoms with van der Waals surface area (Å²) in [6, 6.07) is -1.14. The van der Waals surface area contributed by atoms with E-state index >= 15 is 0 Å². The highest BCUT2D eigenvalue weighted by atomic mass is 16.7. The number of allylic oxidation sites excluding steroid dienone is 4. The summed E-state index contributed by atoms with van der Waals surface area (Å²) in [7, 11) is 4.61. The third-order valence-corrected chi connectivity index (χ3v) is 12.9. The Kier molecular flexibility index (Phi) is 17.2. The number of hydrogen-bond donors (Lipinski definition) is 3. The first-order valence-electron chi connectivity index (χ1n) is 20.9. The molecule has 0 aromatic rings. The lowest BCUT2D eigenvalue weighted by Gasteiger charge is -2.47. The lowest BCUT2D eigenvalue weighted by molar-refractivity contribution is -0.302. The van der Waals surface area contributed by atoms with Gasteiger partial charge >= 0.3 is 5.97 Å². The number of ether oxygens (including phenoxy) is 5. The molecule has 1 saturated carbocycles. The summed E-state index contributed by atoms with van der Waals surface area (Å²) in [6.07, 6.45) is 4.93. The molecule has 3 aliphatic heterocycles. The number of carbonyl (C=O) groups is 4. The van der Waals surface area contributed by atoms with Crippen molar-refractivity contribution < 1.29 is 58.2 Å². The summed E-state index contributed by atoms with van der Waals surface area (Å²) in [5.41, 5.74) is 1.61. The highest BCUT2D eigenvalue weighted by Crippen LogP contribution is 2.39. The van der Waals surface area contributed by atoms with E-state index in [0.717, 1.165) is 5.57 Å². The summed E-state index contributed by atoms with van der Waals surface area (Å²) in [4.78, 5) is 57.8. The largest absolute Gasteiger partial charge is 0.456 e. The molecule has 3 heterocycles. The molecule has 4 rings (SSSR count). The van der Waals surface area contributed by atoms with Gasteiger partial charge in [0.15, 0.2) is 0 Å². The second-order valence-corrected chi connectivity index (χ2v) is 17.3.